The normalized spacial score (nSPS) is 11.5. The zero-order valence-corrected chi connectivity index (χ0v) is 13.6. The predicted molar refractivity (Wildman–Crippen MR) is 90.9 cm³/mol. The largest absolute Gasteiger partial charge is 0.478 e. The SMILES string of the molecule is O=C(O)c1ccccc1/C(=C/n1cnnn1)c1ccc(Cl)cc1Cl. The van der Waals surface area contributed by atoms with E-state index in [0.717, 1.165) is 0 Å². The first-order valence-electron chi connectivity index (χ1n) is 6.78. The molecular formula is C16H10Cl2N4O2. The van der Waals surface area contributed by atoms with Crippen LogP contribution in [0.25, 0.3) is 11.8 Å². The lowest BCUT2D eigenvalue weighted by atomic mass is 9.94. The molecule has 2 aromatic carbocycles. The summed E-state index contributed by atoms with van der Waals surface area (Å²) in [6.45, 7) is 0. The number of benzene rings is 2. The number of aromatic carboxylic acids is 1. The maximum absolute atomic E-state index is 11.6. The summed E-state index contributed by atoms with van der Waals surface area (Å²) in [5.41, 5.74) is 1.81. The van der Waals surface area contributed by atoms with Gasteiger partial charge in [-0.1, -0.05) is 47.5 Å². The average molecular weight is 361 g/mol. The number of tetrazole rings is 1. The van der Waals surface area contributed by atoms with Crippen LogP contribution in [-0.2, 0) is 0 Å². The van der Waals surface area contributed by atoms with E-state index in [0.29, 0.717) is 26.7 Å². The van der Waals surface area contributed by atoms with Crippen LogP contribution in [0.5, 0.6) is 0 Å². The summed E-state index contributed by atoms with van der Waals surface area (Å²) < 4.78 is 1.37. The second kappa shape index (κ2) is 6.82. The molecule has 6 nitrogen and oxygen atoms in total. The molecule has 0 amide bonds. The Morgan fingerprint density at radius 2 is 1.83 bits per heavy atom. The highest BCUT2D eigenvalue weighted by molar-refractivity contribution is 6.36. The number of halogens is 2. The summed E-state index contributed by atoms with van der Waals surface area (Å²) in [5.74, 6) is -1.04. The third kappa shape index (κ3) is 3.29. The van der Waals surface area contributed by atoms with Crippen molar-refractivity contribution < 1.29 is 9.90 Å². The minimum Gasteiger partial charge on any atom is -0.478 e. The van der Waals surface area contributed by atoms with Gasteiger partial charge < -0.3 is 5.11 Å². The molecule has 120 valence electrons. The molecule has 8 heteroatoms. The monoisotopic (exact) mass is 360 g/mol. The van der Waals surface area contributed by atoms with Gasteiger partial charge in [-0.2, -0.15) is 0 Å². The smallest absolute Gasteiger partial charge is 0.336 e. The first-order valence-corrected chi connectivity index (χ1v) is 7.54. The molecule has 0 fully saturated rings. The standard InChI is InChI=1S/C16H10Cl2N4O2/c17-10-5-6-12(15(18)7-10)14(8-22-9-19-20-21-22)11-3-1-2-4-13(11)16(23)24/h1-9H,(H,23,24)/b14-8-. The van der Waals surface area contributed by atoms with Gasteiger partial charge in [0.1, 0.15) is 6.33 Å². The number of nitrogens with zero attached hydrogens (tertiary/aromatic N) is 4. The Kier molecular flexibility index (Phi) is 4.59. The van der Waals surface area contributed by atoms with E-state index in [1.165, 1.54) is 17.1 Å². The number of hydrogen-bond donors (Lipinski definition) is 1. The van der Waals surface area contributed by atoms with E-state index < -0.39 is 5.97 Å². The fourth-order valence-corrected chi connectivity index (χ4v) is 2.77. The lowest BCUT2D eigenvalue weighted by Crippen LogP contribution is -2.04. The van der Waals surface area contributed by atoms with Crippen molar-refractivity contribution in [2.45, 2.75) is 0 Å². The van der Waals surface area contributed by atoms with Gasteiger partial charge in [0.15, 0.2) is 0 Å². The van der Waals surface area contributed by atoms with Gasteiger partial charge in [0.05, 0.1) is 5.56 Å². The minimum absolute atomic E-state index is 0.142. The lowest BCUT2D eigenvalue weighted by Gasteiger charge is -2.13. The fraction of sp³-hybridized carbons (Fsp3) is 0. The van der Waals surface area contributed by atoms with E-state index in [4.69, 9.17) is 23.2 Å². The quantitative estimate of drug-likeness (QED) is 0.766. The van der Waals surface area contributed by atoms with Crippen molar-refractivity contribution >= 4 is 40.9 Å². The molecule has 3 aromatic rings. The van der Waals surface area contributed by atoms with E-state index in [-0.39, 0.29) is 5.56 Å². The van der Waals surface area contributed by atoms with Crippen LogP contribution in [0, 0.1) is 0 Å². The van der Waals surface area contributed by atoms with E-state index in [1.807, 2.05) is 0 Å². The van der Waals surface area contributed by atoms with E-state index >= 15 is 0 Å². The molecule has 0 aliphatic heterocycles. The van der Waals surface area contributed by atoms with E-state index in [2.05, 4.69) is 15.5 Å². The molecule has 0 atom stereocenters. The molecule has 24 heavy (non-hydrogen) atoms. The Balaban J connectivity index is 2.26. The van der Waals surface area contributed by atoms with Crippen LogP contribution in [-0.4, -0.2) is 31.3 Å². The summed E-state index contributed by atoms with van der Waals surface area (Å²) in [7, 11) is 0. The van der Waals surface area contributed by atoms with Crippen LogP contribution in [0.15, 0.2) is 48.8 Å². The third-order valence-electron chi connectivity index (χ3n) is 3.30. The number of aromatic nitrogens is 4. The Morgan fingerprint density at radius 3 is 2.46 bits per heavy atom. The molecule has 0 saturated carbocycles. The van der Waals surface area contributed by atoms with Crippen LogP contribution in [0.1, 0.15) is 21.5 Å². The van der Waals surface area contributed by atoms with Crippen molar-refractivity contribution in [3.05, 3.63) is 75.5 Å². The average Bonchev–Trinajstić information content (AvgIpc) is 3.06. The van der Waals surface area contributed by atoms with Gasteiger partial charge in [-0.25, -0.2) is 9.48 Å². The van der Waals surface area contributed by atoms with Crippen molar-refractivity contribution in [2.24, 2.45) is 0 Å². The minimum atomic E-state index is -1.04. The molecule has 0 spiro atoms. The van der Waals surface area contributed by atoms with Crippen LogP contribution >= 0.6 is 23.2 Å². The highest BCUT2D eigenvalue weighted by atomic mass is 35.5. The first kappa shape index (κ1) is 16.2. The summed E-state index contributed by atoms with van der Waals surface area (Å²) in [5, 5.41) is 21.3. The molecule has 0 saturated heterocycles. The van der Waals surface area contributed by atoms with Crippen LogP contribution < -0.4 is 0 Å². The Hall–Kier alpha value is -2.70. The second-order valence-corrected chi connectivity index (χ2v) is 5.65. The molecule has 0 aliphatic rings. The van der Waals surface area contributed by atoms with Gasteiger partial charge >= 0.3 is 5.97 Å². The zero-order valence-electron chi connectivity index (χ0n) is 12.1. The van der Waals surface area contributed by atoms with Crippen molar-refractivity contribution in [2.75, 3.05) is 0 Å². The molecule has 0 radical (unpaired) electrons. The summed E-state index contributed by atoms with van der Waals surface area (Å²) in [6, 6.07) is 11.6. The highest BCUT2D eigenvalue weighted by Crippen LogP contribution is 2.33. The van der Waals surface area contributed by atoms with Gasteiger partial charge in [0.25, 0.3) is 0 Å². The first-order chi connectivity index (χ1) is 11.6. The molecule has 0 aliphatic carbocycles. The molecule has 3 rings (SSSR count). The number of carboxylic acids is 1. The summed E-state index contributed by atoms with van der Waals surface area (Å²) >= 11 is 12.3. The van der Waals surface area contributed by atoms with Crippen LogP contribution in [0.4, 0.5) is 0 Å². The van der Waals surface area contributed by atoms with E-state index in [1.54, 1.807) is 42.6 Å². The lowest BCUT2D eigenvalue weighted by molar-refractivity contribution is 0.0696. The molecule has 0 unspecified atom stereocenters. The molecule has 0 bridgehead atoms. The molecule has 1 N–H and O–H groups in total. The maximum atomic E-state index is 11.6. The topological polar surface area (TPSA) is 80.9 Å². The highest BCUT2D eigenvalue weighted by Gasteiger charge is 2.17. The van der Waals surface area contributed by atoms with Gasteiger partial charge in [0, 0.05) is 27.4 Å². The summed E-state index contributed by atoms with van der Waals surface area (Å²) in [4.78, 5) is 11.6. The number of carbonyl (C=O) groups is 1. The maximum Gasteiger partial charge on any atom is 0.336 e. The fourth-order valence-electron chi connectivity index (χ4n) is 2.26. The zero-order chi connectivity index (χ0) is 17.1. The van der Waals surface area contributed by atoms with Crippen molar-refractivity contribution in [3.8, 4) is 0 Å². The van der Waals surface area contributed by atoms with Crippen molar-refractivity contribution in [1.82, 2.24) is 20.2 Å². The Labute approximate surface area is 146 Å². The number of rotatable bonds is 4. The second-order valence-electron chi connectivity index (χ2n) is 4.81. The number of carboxylic acid groups (broad SMARTS) is 1. The van der Waals surface area contributed by atoms with Gasteiger partial charge in [-0.15, -0.1) is 5.10 Å². The van der Waals surface area contributed by atoms with Crippen molar-refractivity contribution in [1.29, 1.82) is 0 Å². The van der Waals surface area contributed by atoms with E-state index in [9.17, 15) is 9.90 Å². The van der Waals surface area contributed by atoms with Gasteiger partial charge in [0.2, 0.25) is 0 Å². The van der Waals surface area contributed by atoms with Gasteiger partial charge in [-0.3, -0.25) is 0 Å². The van der Waals surface area contributed by atoms with Crippen LogP contribution in [0.2, 0.25) is 10.0 Å². The molecule has 1 aromatic heterocycles. The molecule has 1 heterocycles. The Morgan fingerprint density at radius 1 is 1.08 bits per heavy atom. The molecular weight excluding hydrogens is 351 g/mol. The summed E-state index contributed by atoms with van der Waals surface area (Å²) in [6.07, 6.45) is 3.00. The third-order valence-corrected chi connectivity index (χ3v) is 3.84. The Bertz CT molecular complexity index is 924. The van der Waals surface area contributed by atoms with Crippen molar-refractivity contribution in [3.63, 3.8) is 0 Å². The number of hydrogen-bond acceptors (Lipinski definition) is 4. The predicted octanol–water partition coefficient (Wildman–Crippen LogP) is 3.72. The van der Waals surface area contributed by atoms with Gasteiger partial charge in [-0.05, 0) is 34.2 Å². The van der Waals surface area contributed by atoms with Crippen LogP contribution in [0.3, 0.4) is 0 Å².